The number of ether oxygens (including phenoxy) is 1. The Bertz CT molecular complexity index is 394. The number of hydrogen-bond donors (Lipinski definition) is 1. The van der Waals surface area contributed by atoms with Crippen molar-refractivity contribution in [2.24, 2.45) is 11.8 Å². The van der Waals surface area contributed by atoms with E-state index in [1.807, 2.05) is 0 Å². The predicted octanol–water partition coefficient (Wildman–Crippen LogP) is 3.92. The molecule has 1 aromatic carbocycles. The summed E-state index contributed by atoms with van der Waals surface area (Å²) in [5.41, 5.74) is 2.57. The smallest absolute Gasteiger partial charge is 0.121 e. The zero-order valence-corrected chi connectivity index (χ0v) is 12.5. The fourth-order valence-corrected chi connectivity index (χ4v) is 3.00. The molecule has 1 aromatic rings. The minimum absolute atomic E-state index is 0.885. The second-order valence-corrected chi connectivity index (χ2v) is 6.06. The van der Waals surface area contributed by atoms with Gasteiger partial charge < -0.3 is 10.1 Å². The summed E-state index contributed by atoms with van der Waals surface area (Å²) in [6.45, 7) is 6.61. The van der Waals surface area contributed by atoms with Gasteiger partial charge in [-0.3, -0.25) is 0 Å². The van der Waals surface area contributed by atoms with E-state index < -0.39 is 0 Å². The van der Waals surface area contributed by atoms with Crippen molar-refractivity contribution in [3.63, 3.8) is 0 Å². The molecule has 0 spiro atoms. The lowest BCUT2D eigenvalue weighted by molar-refractivity contribution is 0.281. The summed E-state index contributed by atoms with van der Waals surface area (Å²) >= 11 is 0. The van der Waals surface area contributed by atoms with Crippen LogP contribution in [-0.2, 0) is 6.54 Å². The lowest BCUT2D eigenvalue weighted by Gasteiger charge is -2.26. The molecule has 1 aliphatic rings. The summed E-state index contributed by atoms with van der Waals surface area (Å²) < 4.78 is 5.29. The maximum absolute atomic E-state index is 5.29. The van der Waals surface area contributed by atoms with E-state index in [1.165, 1.54) is 36.8 Å². The van der Waals surface area contributed by atoms with Gasteiger partial charge in [-0.2, -0.15) is 0 Å². The van der Waals surface area contributed by atoms with Gasteiger partial charge in [0.1, 0.15) is 5.75 Å². The molecule has 0 heterocycles. The number of methoxy groups -OCH3 is 1. The van der Waals surface area contributed by atoms with E-state index in [-0.39, 0.29) is 0 Å². The van der Waals surface area contributed by atoms with Crippen LogP contribution in [0.1, 0.15) is 43.7 Å². The monoisotopic (exact) mass is 261 g/mol. The Balaban J connectivity index is 1.75. The summed E-state index contributed by atoms with van der Waals surface area (Å²) in [4.78, 5) is 0. The van der Waals surface area contributed by atoms with Gasteiger partial charge in [-0.15, -0.1) is 0 Å². The minimum Gasteiger partial charge on any atom is -0.496 e. The van der Waals surface area contributed by atoms with Crippen molar-refractivity contribution in [1.82, 2.24) is 5.32 Å². The van der Waals surface area contributed by atoms with Gasteiger partial charge in [-0.25, -0.2) is 0 Å². The fraction of sp³-hybridized carbons (Fsp3) is 0.647. The van der Waals surface area contributed by atoms with Gasteiger partial charge in [0, 0.05) is 6.54 Å². The maximum Gasteiger partial charge on any atom is 0.121 e. The first-order valence-electron chi connectivity index (χ1n) is 7.53. The summed E-state index contributed by atoms with van der Waals surface area (Å²) in [6, 6.07) is 6.44. The van der Waals surface area contributed by atoms with Crippen LogP contribution in [0.5, 0.6) is 5.75 Å². The van der Waals surface area contributed by atoms with E-state index >= 15 is 0 Å². The third kappa shape index (κ3) is 4.24. The molecular formula is C17H27NO. The van der Waals surface area contributed by atoms with Crippen LogP contribution in [0, 0.1) is 18.8 Å². The quantitative estimate of drug-likeness (QED) is 0.867. The second-order valence-electron chi connectivity index (χ2n) is 6.06. The standard InChI is InChI=1S/C17H27NO/c1-13-4-6-15(7-5-13)11-18-12-16-8-9-17(19-3)14(2)10-16/h8-10,13,15,18H,4-7,11-12H2,1-3H3. The van der Waals surface area contributed by atoms with Gasteiger partial charge in [0.2, 0.25) is 0 Å². The van der Waals surface area contributed by atoms with Crippen LogP contribution in [-0.4, -0.2) is 13.7 Å². The van der Waals surface area contributed by atoms with E-state index in [1.54, 1.807) is 7.11 Å². The van der Waals surface area contributed by atoms with E-state index in [0.717, 1.165) is 30.7 Å². The topological polar surface area (TPSA) is 21.3 Å². The average molecular weight is 261 g/mol. The van der Waals surface area contributed by atoms with Crippen molar-refractivity contribution < 1.29 is 4.74 Å². The third-order valence-corrected chi connectivity index (χ3v) is 4.36. The van der Waals surface area contributed by atoms with Crippen LogP contribution in [0.3, 0.4) is 0 Å². The van der Waals surface area contributed by atoms with E-state index in [9.17, 15) is 0 Å². The number of hydrogen-bond acceptors (Lipinski definition) is 2. The number of nitrogens with one attached hydrogen (secondary N) is 1. The normalized spacial score (nSPS) is 23.3. The number of benzene rings is 1. The first-order valence-corrected chi connectivity index (χ1v) is 7.53. The van der Waals surface area contributed by atoms with Crippen molar-refractivity contribution in [1.29, 1.82) is 0 Å². The first-order chi connectivity index (χ1) is 9.19. The van der Waals surface area contributed by atoms with E-state index in [0.29, 0.717) is 0 Å². The molecule has 0 atom stereocenters. The van der Waals surface area contributed by atoms with Crippen LogP contribution in [0.25, 0.3) is 0 Å². The van der Waals surface area contributed by atoms with E-state index in [2.05, 4.69) is 37.4 Å². The lowest BCUT2D eigenvalue weighted by Crippen LogP contribution is -2.25. The summed E-state index contributed by atoms with van der Waals surface area (Å²) in [5.74, 6) is 2.81. The molecule has 0 radical (unpaired) electrons. The van der Waals surface area contributed by atoms with Crippen LogP contribution >= 0.6 is 0 Å². The minimum atomic E-state index is 0.885. The maximum atomic E-state index is 5.29. The molecule has 19 heavy (non-hydrogen) atoms. The Labute approximate surface area is 117 Å². The lowest BCUT2D eigenvalue weighted by atomic mass is 9.83. The average Bonchev–Trinajstić information content (AvgIpc) is 2.41. The Morgan fingerprint density at radius 2 is 1.95 bits per heavy atom. The highest BCUT2D eigenvalue weighted by atomic mass is 16.5. The molecule has 2 heteroatoms. The van der Waals surface area contributed by atoms with Gasteiger partial charge in [-0.1, -0.05) is 31.9 Å². The Hall–Kier alpha value is -1.02. The van der Waals surface area contributed by atoms with Gasteiger partial charge in [-0.05, 0) is 55.3 Å². The molecule has 0 aromatic heterocycles. The Morgan fingerprint density at radius 1 is 1.21 bits per heavy atom. The molecule has 1 saturated carbocycles. The number of aryl methyl sites for hydroxylation is 1. The van der Waals surface area contributed by atoms with Gasteiger partial charge >= 0.3 is 0 Å². The van der Waals surface area contributed by atoms with Gasteiger partial charge in [0.05, 0.1) is 7.11 Å². The molecule has 0 aliphatic heterocycles. The molecule has 2 rings (SSSR count). The Morgan fingerprint density at radius 3 is 2.58 bits per heavy atom. The molecule has 1 aliphatic carbocycles. The van der Waals surface area contributed by atoms with Gasteiger partial charge in [0.15, 0.2) is 0 Å². The molecule has 1 N–H and O–H groups in total. The molecule has 0 amide bonds. The van der Waals surface area contributed by atoms with Crippen LogP contribution in [0.4, 0.5) is 0 Å². The predicted molar refractivity (Wildman–Crippen MR) is 80.6 cm³/mol. The second kappa shape index (κ2) is 6.95. The number of rotatable bonds is 5. The summed E-state index contributed by atoms with van der Waals surface area (Å²) in [7, 11) is 1.73. The zero-order valence-electron chi connectivity index (χ0n) is 12.5. The highest BCUT2D eigenvalue weighted by Gasteiger charge is 2.17. The first kappa shape index (κ1) is 14.4. The summed E-state index contributed by atoms with van der Waals surface area (Å²) in [6.07, 6.45) is 5.62. The van der Waals surface area contributed by atoms with Crippen molar-refractivity contribution in [2.45, 2.75) is 46.1 Å². The SMILES string of the molecule is COc1ccc(CNCC2CCC(C)CC2)cc1C. The van der Waals surface area contributed by atoms with Crippen LogP contribution < -0.4 is 10.1 Å². The Kier molecular flexibility index (Phi) is 5.26. The molecular weight excluding hydrogens is 234 g/mol. The van der Waals surface area contributed by atoms with Gasteiger partial charge in [0.25, 0.3) is 0 Å². The zero-order chi connectivity index (χ0) is 13.7. The molecule has 2 nitrogen and oxygen atoms in total. The van der Waals surface area contributed by atoms with Crippen molar-refractivity contribution in [2.75, 3.05) is 13.7 Å². The molecule has 0 saturated heterocycles. The van der Waals surface area contributed by atoms with Crippen molar-refractivity contribution in [3.8, 4) is 5.75 Å². The third-order valence-electron chi connectivity index (χ3n) is 4.36. The molecule has 0 unspecified atom stereocenters. The fourth-order valence-electron chi connectivity index (χ4n) is 3.00. The van der Waals surface area contributed by atoms with E-state index in [4.69, 9.17) is 4.74 Å². The molecule has 0 bridgehead atoms. The highest BCUT2D eigenvalue weighted by Crippen LogP contribution is 2.27. The van der Waals surface area contributed by atoms with Crippen LogP contribution in [0.2, 0.25) is 0 Å². The van der Waals surface area contributed by atoms with Crippen LogP contribution in [0.15, 0.2) is 18.2 Å². The van der Waals surface area contributed by atoms with Crippen molar-refractivity contribution in [3.05, 3.63) is 29.3 Å². The highest BCUT2D eigenvalue weighted by molar-refractivity contribution is 5.36. The molecule has 106 valence electrons. The molecule has 1 fully saturated rings. The largest absolute Gasteiger partial charge is 0.496 e. The van der Waals surface area contributed by atoms with Crippen molar-refractivity contribution >= 4 is 0 Å². The summed E-state index contributed by atoms with van der Waals surface area (Å²) in [5, 5.41) is 3.61.